The molecule has 1 aliphatic heterocycles. The Hall–Kier alpha value is -2.69. The first-order valence-electron chi connectivity index (χ1n) is 9.78. The summed E-state index contributed by atoms with van der Waals surface area (Å²) in [7, 11) is 0. The van der Waals surface area contributed by atoms with Crippen LogP contribution in [-0.2, 0) is 29.0 Å². The van der Waals surface area contributed by atoms with Crippen LogP contribution < -0.4 is 9.64 Å². The van der Waals surface area contributed by atoms with Crippen molar-refractivity contribution in [3.63, 3.8) is 0 Å². The van der Waals surface area contributed by atoms with Gasteiger partial charge in [0.25, 0.3) is 0 Å². The van der Waals surface area contributed by atoms with Crippen molar-refractivity contribution in [2.45, 2.75) is 46.1 Å². The standard InChI is InChI=1S/C23H26FNO3/c1-16(2)23(27)25-12-4-7-19-6-3-9-21(22(19)25)28-15-17-10-11-18(8-5-13-26)20(24)14-17/h3,6,9-11,13-14,16H,4-5,7-8,12,15H2,1-2H3. The Kier molecular flexibility index (Phi) is 6.45. The molecule has 1 amide bonds. The number of rotatable bonds is 7. The third kappa shape index (κ3) is 4.41. The average Bonchev–Trinajstić information content (AvgIpc) is 2.70. The van der Waals surface area contributed by atoms with Crippen LogP contribution in [0.1, 0.15) is 43.4 Å². The van der Waals surface area contributed by atoms with Crippen molar-refractivity contribution in [2.24, 2.45) is 5.92 Å². The topological polar surface area (TPSA) is 46.6 Å². The molecule has 0 atom stereocenters. The number of nitrogens with zero attached hydrogens (tertiary/aromatic N) is 1. The Morgan fingerprint density at radius 1 is 1.29 bits per heavy atom. The summed E-state index contributed by atoms with van der Waals surface area (Å²) in [5.74, 6) is 0.320. The minimum absolute atomic E-state index is 0.0857. The van der Waals surface area contributed by atoms with Crippen LogP contribution in [0, 0.1) is 11.7 Å². The maximum absolute atomic E-state index is 14.2. The minimum atomic E-state index is -0.324. The molecular formula is C23H26FNO3. The highest BCUT2D eigenvalue weighted by Crippen LogP contribution is 2.37. The highest BCUT2D eigenvalue weighted by molar-refractivity contribution is 5.97. The second-order valence-corrected chi connectivity index (χ2v) is 7.43. The highest BCUT2D eigenvalue weighted by atomic mass is 19.1. The number of benzene rings is 2. The predicted molar refractivity (Wildman–Crippen MR) is 107 cm³/mol. The van der Waals surface area contributed by atoms with E-state index in [0.29, 0.717) is 36.3 Å². The van der Waals surface area contributed by atoms with Gasteiger partial charge in [0.1, 0.15) is 24.5 Å². The number of fused-ring (bicyclic) bond motifs is 1. The number of halogens is 1. The van der Waals surface area contributed by atoms with Gasteiger partial charge in [0.2, 0.25) is 5.91 Å². The lowest BCUT2D eigenvalue weighted by atomic mass is 9.99. The number of carbonyl (C=O) groups is 2. The molecule has 0 N–H and O–H groups in total. The van der Waals surface area contributed by atoms with Crippen LogP contribution in [0.5, 0.6) is 5.75 Å². The molecule has 0 fully saturated rings. The molecule has 1 aliphatic rings. The van der Waals surface area contributed by atoms with E-state index in [9.17, 15) is 14.0 Å². The zero-order valence-electron chi connectivity index (χ0n) is 16.4. The SMILES string of the molecule is CC(C)C(=O)N1CCCc2cccc(OCc3ccc(CCC=O)c(F)c3)c21. The maximum atomic E-state index is 14.2. The van der Waals surface area contributed by atoms with E-state index in [2.05, 4.69) is 0 Å². The Labute approximate surface area is 165 Å². The number of carbonyl (C=O) groups excluding carboxylic acids is 2. The van der Waals surface area contributed by atoms with Crippen LogP contribution in [-0.4, -0.2) is 18.7 Å². The van der Waals surface area contributed by atoms with Crippen molar-refractivity contribution >= 4 is 17.9 Å². The summed E-state index contributed by atoms with van der Waals surface area (Å²) in [6.07, 6.45) is 3.34. The third-order valence-electron chi connectivity index (χ3n) is 4.98. The molecule has 0 saturated carbocycles. The molecule has 0 unspecified atom stereocenters. The van der Waals surface area contributed by atoms with Gasteiger partial charge in [-0.05, 0) is 48.1 Å². The van der Waals surface area contributed by atoms with E-state index in [1.165, 1.54) is 6.07 Å². The van der Waals surface area contributed by atoms with Gasteiger partial charge in [0.05, 0.1) is 5.69 Å². The lowest BCUT2D eigenvalue weighted by Gasteiger charge is -2.32. The van der Waals surface area contributed by atoms with Crippen molar-refractivity contribution in [1.82, 2.24) is 0 Å². The Bertz CT molecular complexity index is 863. The van der Waals surface area contributed by atoms with Crippen molar-refractivity contribution in [2.75, 3.05) is 11.4 Å². The van der Waals surface area contributed by atoms with Crippen LogP contribution in [0.3, 0.4) is 0 Å². The number of hydrogen-bond donors (Lipinski definition) is 0. The molecule has 0 aliphatic carbocycles. The van der Waals surface area contributed by atoms with Gasteiger partial charge in [-0.25, -0.2) is 4.39 Å². The largest absolute Gasteiger partial charge is 0.487 e. The van der Waals surface area contributed by atoms with Gasteiger partial charge in [-0.15, -0.1) is 0 Å². The number of anilines is 1. The Morgan fingerprint density at radius 2 is 2.11 bits per heavy atom. The fourth-order valence-electron chi connectivity index (χ4n) is 3.52. The van der Waals surface area contributed by atoms with Gasteiger partial charge in [-0.2, -0.15) is 0 Å². The molecular weight excluding hydrogens is 357 g/mol. The number of hydrogen-bond acceptors (Lipinski definition) is 3. The molecule has 148 valence electrons. The first-order valence-corrected chi connectivity index (χ1v) is 9.78. The molecule has 5 heteroatoms. The van der Waals surface area contributed by atoms with Gasteiger partial charge in [-0.1, -0.05) is 38.1 Å². The minimum Gasteiger partial charge on any atom is -0.487 e. The summed E-state index contributed by atoms with van der Waals surface area (Å²) in [6, 6.07) is 10.8. The van der Waals surface area contributed by atoms with E-state index in [1.54, 1.807) is 6.07 Å². The van der Waals surface area contributed by atoms with E-state index in [0.717, 1.165) is 30.4 Å². The highest BCUT2D eigenvalue weighted by Gasteiger charge is 2.27. The monoisotopic (exact) mass is 383 g/mol. The van der Waals surface area contributed by atoms with Crippen LogP contribution in [0.15, 0.2) is 36.4 Å². The molecule has 3 rings (SSSR count). The van der Waals surface area contributed by atoms with E-state index in [-0.39, 0.29) is 24.2 Å². The third-order valence-corrected chi connectivity index (χ3v) is 4.98. The molecule has 0 radical (unpaired) electrons. The number of ether oxygens (including phenoxy) is 1. The number of para-hydroxylation sites is 1. The number of aryl methyl sites for hydroxylation is 2. The second kappa shape index (κ2) is 9.00. The van der Waals surface area contributed by atoms with E-state index in [1.807, 2.05) is 43.0 Å². The molecule has 28 heavy (non-hydrogen) atoms. The fourth-order valence-corrected chi connectivity index (χ4v) is 3.52. The van der Waals surface area contributed by atoms with Crippen LogP contribution in [0.2, 0.25) is 0 Å². The molecule has 4 nitrogen and oxygen atoms in total. The summed E-state index contributed by atoms with van der Waals surface area (Å²) in [5, 5.41) is 0. The summed E-state index contributed by atoms with van der Waals surface area (Å²) in [6.45, 7) is 4.69. The van der Waals surface area contributed by atoms with Gasteiger partial charge < -0.3 is 14.4 Å². The average molecular weight is 383 g/mol. The normalized spacial score (nSPS) is 13.4. The molecule has 1 heterocycles. The molecule has 0 saturated heterocycles. The van der Waals surface area contributed by atoms with E-state index < -0.39 is 0 Å². The molecule has 0 aromatic heterocycles. The lowest BCUT2D eigenvalue weighted by Crippen LogP contribution is -2.38. The van der Waals surface area contributed by atoms with Crippen molar-refractivity contribution in [3.05, 3.63) is 58.9 Å². The predicted octanol–water partition coefficient (Wildman–Crippen LogP) is 4.47. The van der Waals surface area contributed by atoms with E-state index in [4.69, 9.17) is 4.74 Å². The smallest absolute Gasteiger partial charge is 0.229 e. The van der Waals surface area contributed by atoms with Crippen LogP contribution in [0.4, 0.5) is 10.1 Å². The molecule has 2 aromatic rings. The summed E-state index contributed by atoms with van der Waals surface area (Å²) >= 11 is 0. The molecule has 0 spiro atoms. The summed E-state index contributed by atoms with van der Waals surface area (Å²) in [5.41, 5.74) is 3.19. The molecule has 0 bridgehead atoms. The first-order chi connectivity index (χ1) is 13.5. The lowest BCUT2D eigenvalue weighted by molar-refractivity contribution is -0.121. The maximum Gasteiger partial charge on any atom is 0.229 e. The van der Waals surface area contributed by atoms with Crippen LogP contribution >= 0.6 is 0 Å². The fraction of sp³-hybridized carbons (Fsp3) is 0.391. The Balaban J connectivity index is 1.79. The van der Waals surface area contributed by atoms with Crippen molar-refractivity contribution in [3.8, 4) is 5.75 Å². The van der Waals surface area contributed by atoms with Gasteiger partial charge >= 0.3 is 0 Å². The number of amides is 1. The van der Waals surface area contributed by atoms with Gasteiger partial charge in [0.15, 0.2) is 0 Å². The summed E-state index contributed by atoms with van der Waals surface area (Å²) < 4.78 is 20.2. The zero-order chi connectivity index (χ0) is 20.1. The van der Waals surface area contributed by atoms with Gasteiger partial charge in [0, 0.05) is 18.9 Å². The van der Waals surface area contributed by atoms with Crippen LogP contribution in [0.25, 0.3) is 0 Å². The van der Waals surface area contributed by atoms with Crippen molar-refractivity contribution < 1.29 is 18.7 Å². The summed E-state index contributed by atoms with van der Waals surface area (Å²) in [4.78, 5) is 25.0. The zero-order valence-corrected chi connectivity index (χ0v) is 16.4. The van der Waals surface area contributed by atoms with Gasteiger partial charge in [-0.3, -0.25) is 4.79 Å². The first kappa shape index (κ1) is 20.1. The number of aldehydes is 1. The van der Waals surface area contributed by atoms with E-state index >= 15 is 0 Å². The Morgan fingerprint density at radius 3 is 2.82 bits per heavy atom. The second-order valence-electron chi connectivity index (χ2n) is 7.43. The van der Waals surface area contributed by atoms with Crippen molar-refractivity contribution in [1.29, 1.82) is 0 Å². The molecule has 2 aromatic carbocycles. The quantitative estimate of drug-likeness (QED) is 0.663.